The zero-order valence-corrected chi connectivity index (χ0v) is 11.0. The third-order valence-corrected chi connectivity index (χ3v) is 3.35. The molecule has 18 heavy (non-hydrogen) atoms. The van der Waals surface area contributed by atoms with Crippen molar-refractivity contribution >= 4 is 0 Å². The number of aliphatic hydroxyl groups is 1. The standard InChI is InChI=1S/C15H22O3/c1-17-15-6-4-12(5-7-15)8-14(9-16)11-18-10-13-2-3-13/h4-7,13-14,16H,2-3,8-11H2,1H3. The number of benzene rings is 1. The summed E-state index contributed by atoms with van der Waals surface area (Å²) in [5.74, 6) is 1.84. The Kier molecular flexibility index (Phi) is 5.02. The molecule has 100 valence electrons. The summed E-state index contributed by atoms with van der Waals surface area (Å²) in [6, 6.07) is 7.99. The summed E-state index contributed by atoms with van der Waals surface area (Å²) in [6.07, 6.45) is 3.47. The first-order valence-corrected chi connectivity index (χ1v) is 6.63. The van der Waals surface area contributed by atoms with Gasteiger partial charge in [0.25, 0.3) is 0 Å². The summed E-state index contributed by atoms with van der Waals surface area (Å²) < 4.78 is 10.8. The van der Waals surface area contributed by atoms with Crippen LogP contribution in [0, 0.1) is 11.8 Å². The molecule has 2 rings (SSSR count). The number of hydrogen-bond donors (Lipinski definition) is 1. The van der Waals surface area contributed by atoms with Crippen LogP contribution in [-0.2, 0) is 11.2 Å². The fraction of sp³-hybridized carbons (Fsp3) is 0.600. The number of ether oxygens (including phenoxy) is 2. The average molecular weight is 250 g/mol. The molecule has 1 aromatic carbocycles. The van der Waals surface area contributed by atoms with E-state index in [1.165, 1.54) is 18.4 Å². The summed E-state index contributed by atoms with van der Waals surface area (Å²) in [5, 5.41) is 9.36. The molecule has 1 aromatic rings. The van der Waals surface area contributed by atoms with E-state index < -0.39 is 0 Å². The zero-order valence-electron chi connectivity index (χ0n) is 11.0. The first-order chi connectivity index (χ1) is 8.81. The first-order valence-electron chi connectivity index (χ1n) is 6.63. The molecule has 0 heterocycles. The van der Waals surface area contributed by atoms with Crippen LogP contribution in [0.1, 0.15) is 18.4 Å². The quantitative estimate of drug-likeness (QED) is 0.769. The molecule has 1 aliphatic carbocycles. The monoisotopic (exact) mass is 250 g/mol. The molecule has 0 bridgehead atoms. The lowest BCUT2D eigenvalue weighted by molar-refractivity contribution is 0.0669. The highest BCUT2D eigenvalue weighted by atomic mass is 16.5. The van der Waals surface area contributed by atoms with Gasteiger partial charge in [-0.15, -0.1) is 0 Å². The van der Waals surface area contributed by atoms with Gasteiger partial charge >= 0.3 is 0 Å². The van der Waals surface area contributed by atoms with Gasteiger partial charge in [0.1, 0.15) is 5.75 Å². The maximum absolute atomic E-state index is 9.36. The van der Waals surface area contributed by atoms with Crippen molar-refractivity contribution in [1.29, 1.82) is 0 Å². The third-order valence-electron chi connectivity index (χ3n) is 3.35. The molecule has 0 spiro atoms. The Balaban J connectivity index is 1.76. The highest BCUT2D eigenvalue weighted by Gasteiger charge is 2.21. The normalized spacial score (nSPS) is 16.6. The summed E-state index contributed by atoms with van der Waals surface area (Å²) >= 11 is 0. The van der Waals surface area contributed by atoms with Gasteiger partial charge in [-0.3, -0.25) is 0 Å². The molecule has 0 amide bonds. The summed E-state index contributed by atoms with van der Waals surface area (Å²) in [5.41, 5.74) is 1.21. The van der Waals surface area contributed by atoms with Crippen LogP contribution in [-0.4, -0.2) is 32.0 Å². The van der Waals surface area contributed by atoms with Crippen LogP contribution in [0.25, 0.3) is 0 Å². The highest BCUT2D eigenvalue weighted by molar-refractivity contribution is 5.27. The molecule has 0 aromatic heterocycles. The van der Waals surface area contributed by atoms with Gasteiger partial charge in [-0.05, 0) is 42.9 Å². The van der Waals surface area contributed by atoms with E-state index in [4.69, 9.17) is 9.47 Å². The van der Waals surface area contributed by atoms with Crippen molar-refractivity contribution in [3.8, 4) is 5.75 Å². The fourth-order valence-electron chi connectivity index (χ4n) is 1.96. The minimum absolute atomic E-state index is 0.177. The van der Waals surface area contributed by atoms with Crippen molar-refractivity contribution in [2.45, 2.75) is 19.3 Å². The summed E-state index contributed by atoms with van der Waals surface area (Å²) in [6.45, 7) is 1.69. The van der Waals surface area contributed by atoms with Crippen molar-refractivity contribution in [3.63, 3.8) is 0 Å². The Morgan fingerprint density at radius 3 is 2.56 bits per heavy atom. The van der Waals surface area contributed by atoms with Crippen LogP contribution < -0.4 is 4.74 Å². The van der Waals surface area contributed by atoms with E-state index >= 15 is 0 Å². The predicted molar refractivity (Wildman–Crippen MR) is 70.8 cm³/mol. The van der Waals surface area contributed by atoms with E-state index in [0.717, 1.165) is 24.7 Å². The molecule has 3 heteroatoms. The Morgan fingerprint density at radius 2 is 2.00 bits per heavy atom. The van der Waals surface area contributed by atoms with Crippen LogP contribution in [0.5, 0.6) is 5.75 Å². The second-order valence-corrected chi connectivity index (χ2v) is 5.08. The number of rotatable bonds is 8. The maximum atomic E-state index is 9.36. The Morgan fingerprint density at radius 1 is 1.28 bits per heavy atom. The van der Waals surface area contributed by atoms with Crippen LogP contribution in [0.3, 0.4) is 0 Å². The number of aliphatic hydroxyl groups excluding tert-OH is 1. The van der Waals surface area contributed by atoms with Gasteiger partial charge in [0.2, 0.25) is 0 Å². The summed E-state index contributed by atoms with van der Waals surface area (Å²) in [7, 11) is 1.66. The van der Waals surface area contributed by atoms with E-state index in [1.54, 1.807) is 7.11 Å². The smallest absolute Gasteiger partial charge is 0.118 e. The fourth-order valence-corrected chi connectivity index (χ4v) is 1.96. The number of hydrogen-bond acceptors (Lipinski definition) is 3. The minimum atomic E-state index is 0.177. The van der Waals surface area contributed by atoms with Gasteiger partial charge in [-0.25, -0.2) is 0 Å². The van der Waals surface area contributed by atoms with Crippen LogP contribution in [0.2, 0.25) is 0 Å². The lowest BCUT2D eigenvalue weighted by Crippen LogP contribution is -2.17. The second kappa shape index (κ2) is 6.76. The topological polar surface area (TPSA) is 38.7 Å². The lowest BCUT2D eigenvalue weighted by Gasteiger charge is -2.14. The number of methoxy groups -OCH3 is 1. The van der Waals surface area contributed by atoms with Crippen molar-refractivity contribution in [2.75, 3.05) is 26.9 Å². The van der Waals surface area contributed by atoms with Crippen LogP contribution in [0.15, 0.2) is 24.3 Å². The maximum Gasteiger partial charge on any atom is 0.118 e. The molecule has 3 nitrogen and oxygen atoms in total. The molecule has 0 saturated heterocycles. The molecular formula is C15H22O3. The molecule has 1 N–H and O–H groups in total. The van der Waals surface area contributed by atoms with Gasteiger partial charge in [-0.2, -0.15) is 0 Å². The second-order valence-electron chi connectivity index (χ2n) is 5.08. The predicted octanol–water partition coefficient (Wildman–Crippen LogP) is 2.27. The van der Waals surface area contributed by atoms with Crippen LogP contribution in [0.4, 0.5) is 0 Å². The molecule has 0 radical (unpaired) electrons. The lowest BCUT2D eigenvalue weighted by atomic mass is 10.0. The minimum Gasteiger partial charge on any atom is -0.497 e. The van der Waals surface area contributed by atoms with Gasteiger partial charge in [0.15, 0.2) is 0 Å². The SMILES string of the molecule is COc1ccc(CC(CO)COCC2CC2)cc1. The largest absolute Gasteiger partial charge is 0.497 e. The third kappa shape index (κ3) is 4.31. The van der Waals surface area contributed by atoms with E-state index in [9.17, 15) is 5.11 Å². The zero-order chi connectivity index (χ0) is 12.8. The molecule has 1 fully saturated rings. The summed E-state index contributed by atoms with van der Waals surface area (Å²) in [4.78, 5) is 0. The van der Waals surface area contributed by atoms with Gasteiger partial charge in [0, 0.05) is 19.1 Å². The van der Waals surface area contributed by atoms with Crippen molar-refractivity contribution in [2.24, 2.45) is 11.8 Å². The van der Waals surface area contributed by atoms with Gasteiger partial charge < -0.3 is 14.6 Å². The van der Waals surface area contributed by atoms with Crippen molar-refractivity contribution in [1.82, 2.24) is 0 Å². The molecule has 1 saturated carbocycles. The van der Waals surface area contributed by atoms with Crippen molar-refractivity contribution in [3.05, 3.63) is 29.8 Å². The molecule has 0 aliphatic heterocycles. The van der Waals surface area contributed by atoms with Crippen molar-refractivity contribution < 1.29 is 14.6 Å². The van der Waals surface area contributed by atoms with E-state index in [-0.39, 0.29) is 12.5 Å². The molecule has 1 atom stereocenters. The molecule has 1 aliphatic rings. The van der Waals surface area contributed by atoms with Crippen LogP contribution >= 0.6 is 0 Å². The highest BCUT2D eigenvalue weighted by Crippen LogP contribution is 2.29. The Hall–Kier alpha value is -1.06. The average Bonchev–Trinajstić information content (AvgIpc) is 3.22. The van der Waals surface area contributed by atoms with E-state index in [0.29, 0.717) is 6.61 Å². The first kappa shape index (κ1) is 13.4. The van der Waals surface area contributed by atoms with Gasteiger partial charge in [-0.1, -0.05) is 12.1 Å². The Bertz CT molecular complexity index is 343. The molecular weight excluding hydrogens is 228 g/mol. The van der Waals surface area contributed by atoms with E-state index in [2.05, 4.69) is 0 Å². The van der Waals surface area contributed by atoms with E-state index in [1.807, 2.05) is 24.3 Å². The van der Waals surface area contributed by atoms with Gasteiger partial charge in [0.05, 0.1) is 13.7 Å². The molecule has 1 unspecified atom stereocenters. The Labute approximate surface area is 109 Å².